The summed E-state index contributed by atoms with van der Waals surface area (Å²) in [5.74, 6) is 1.48. The van der Waals surface area contributed by atoms with E-state index in [1.54, 1.807) is 0 Å². The van der Waals surface area contributed by atoms with E-state index < -0.39 is 0 Å². The van der Waals surface area contributed by atoms with Gasteiger partial charge < -0.3 is 0 Å². The Morgan fingerprint density at radius 1 is 1.18 bits per heavy atom. The minimum Gasteiger partial charge on any atom is -0.249 e. The largest absolute Gasteiger partial charge is 0.249 e. The van der Waals surface area contributed by atoms with Gasteiger partial charge in [0.25, 0.3) is 0 Å². The lowest BCUT2D eigenvalue weighted by molar-refractivity contribution is 0.269. The molecule has 2 heterocycles. The number of hydrogen-bond acceptors (Lipinski definition) is 3. The van der Waals surface area contributed by atoms with E-state index in [0.717, 1.165) is 29.3 Å². The third kappa shape index (κ3) is 1.63. The smallest absolute Gasteiger partial charge is 0.177 e. The van der Waals surface area contributed by atoms with Crippen molar-refractivity contribution in [2.75, 3.05) is 0 Å². The molecule has 0 atom stereocenters. The van der Waals surface area contributed by atoms with Crippen LogP contribution in [0.4, 0.5) is 0 Å². The van der Waals surface area contributed by atoms with E-state index in [-0.39, 0.29) is 0 Å². The summed E-state index contributed by atoms with van der Waals surface area (Å²) in [6.07, 6.45) is 10.4. The minimum atomic E-state index is 0.666. The fourth-order valence-corrected chi connectivity index (χ4v) is 2.49. The van der Waals surface area contributed by atoms with E-state index in [1.807, 2.05) is 12.4 Å². The molecule has 88 valence electrons. The molecule has 0 amide bonds. The van der Waals surface area contributed by atoms with Gasteiger partial charge in [-0.3, -0.25) is 0 Å². The molecular weight excluding hydrogens is 212 g/mol. The molecule has 0 saturated heterocycles. The summed E-state index contributed by atoms with van der Waals surface area (Å²) in [6.45, 7) is 1.02. The zero-order valence-electron chi connectivity index (χ0n) is 9.84. The Labute approximate surface area is 100 Å². The fraction of sp³-hybridized carbons (Fsp3) is 0.615. The first-order chi connectivity index (χ1) is 8.40. The van der Waals surface area contributed by atoms with Crippen LogP contribution in [0, 0.1) is 5.92 Å². The first kappa shape index (κ1) is 9.57. The van der Waals surface area contributed by atoms with E-state index in [1.165, 1.54) is 32.1 Å². The van der Waals surface area contributed by atoms with Gasteiger partial charge >= 0.3 is 0 Å². The van der Waals surface area contributed by atoms with Crippen LogP contribution in [0.3, 0.4) is 0 Å². The first-order valence-corrected chi connectivity index (χ1v) is 6.58. The number of aromatic nitrogens is 4. The van der Waals surface area contributed by atoms with Crippen LogP contribution in [0.15, 0.2) is 12.4 Å². The predicted molar refractivity (Wildman–Crippen MR) is 64.6 cm³/mol. The van der Waals surface area contributed by atoms with Crippen molar-refractivity contribution in [1.29, 1.82) is 0 Å². The maximum Gasteiger partial charge on any atom is 0.177 e. The molecule has 0 radical (unpaired) electrons. The third-order valence-corrected chi connectivity index (χ3v) is 4.02. The molecule has 2 aromatic rings. The Morgan fingerprint density at radius 2 is 2.06 bits per heavy atom. The Balaban J connectivity index is 1.71. The van der Waals surface area contributed by atoms with E-state index in [9.17, 15) is 0 Å². The van der Waals surface area contributed by atoms with Gasteiger partial charge in [-0.1, -0.05) is 6.42 Å². The van der Waals surface area contributed by atoms with Crippen molar-refractivity contribution in [3.63, 3.8) is 0 Å². The Morgan fingerprint density at radius 3 is 2.76 bits per heavy atom. The van der Waals surface area contributed by atoms with Crippen molar-refractivity contribution in [1.82, 2.24) is 19.7 Å². The Kier molecular flexibility index (Phi) is 1.98. The van der Waals surface area contributed by atoms with Gasteiger partial charge in [-0.05, 0) is 31.6 Å². The highest BCUT2D eigenvalue weighted by Gasteiger charge is 2.26. The normalized spacial score (nSPS) is 20.7. The standard InChI is InChI=1S/C13H16N4/c1-2-9(3-1)8-17-13-12(7-15-17)14-6-11(16-13)10-4-5-10/h6-7,9-10H,1-5,8H2. The van der Waals surface area contributed by atoms with Gasteiger partial charge in [0.15, 0.2) is 5.65 Å². The molecular formula is C13H16N4. The van der Waals surface area contributed by atoms with E-state index in [0.29, 0.717) is 5.92 Å². The molecule has 0 spiro atoms. The van der Waals surface area contributed by atoms with Crippen molar-refractivity contribution >= 4 is 11.2 Å². The summed E-state index contributed by atoms with van der Waals surface area (Å²) in [5, 5.41) is 4.43. The molecule has 2 saturated carbocycles. The molecule has 0 N–H and O–H groups in total. The summed E-state index contributed by atoms with van der Waals surface area (Å²) in [6, 6.07) is 0. The van der Waals surface area contributed by atoms with Gasteiger partial charge in [0.2, 0.25) is 0 Å². The lowest BCUT2D eigenvalue weighted by Crippen LogP contribution is -2.19. The summed E-state index contributed by atoms with van der Waals surface area (Å²) < 4.78 is 2.05. The van der Waals surface area contributed by atoms with Crippen LogP contribution in [-0.4, -0.2) is 19.7 Å². The van der Waals surface area contributed by atoms with Crippen LogP contribution in [-0.2, 0) is 6.54 Å². The maximum atomic E-state index is 4.75. The minimum absolute atomic E-state index is 0.666. The van der Waals surface area contributed by atoms with Crippen LogP contribution < -0.4 is 0 Å². The third-order valence-electron chi connectivity index (χ3n) is 4.02. The number of rotatable bonds is 3. The van der Waals surface area contributed by atoms with E-state index in [2.05, 4.69) is 14.8 Å². The van der Waals surface area contributed by atoms with Gasteiger partial charge in [-0.2, -0.15) is 5.10 Å². The Bertz CT molecular complexity index is 552. The lowest BCUT2D eigenvalue weighted by atomic mass is 9.85. The second kappa shape index (κ2) is 3.52. The van der Waals surface area contributed by atoms with Crippen LogP contribution in [0.25, 0.3) is 11.2 Å². The monoisotopic (exact) mass is 228 g/mol. The molecule has 4 nitrogen and oxygen atoms in total. The fourth-order valence-electron chi connectivity index (χ4n) is 2.49. The first-order valence-electron chi connectivity index (χ1n) is 6.58. The molecule has 2 fully saturated rings. The molecule has 4 rings (SSSR count). The molecule has 2 aromatic heterocycles. The molecule has 0 aromatic carbocycles. The van der Waals surface area contributed by atoms with Gasteiger partial charge in [-0.15, -0.1) is 0 Å². The van der Waals surface area contributed by atoms with Crippen LogP contribution in [0.5, 0.6) is 0 Å². The lowest BCUT2D eigenvalue weighted by Gasteiger charge is -2.25. The summed E-state index contributed by atoms with van der Waals surface area (Å²) in [4.78, 5) is 9.21. The molecule has 0 aliphatic heterocycles. The van der Waals surface area contributed by atoms with Crippen molar-refractivity contribution in [2.24, 2.45) is 5.92 Å². The van der Waals surface area contributed by atoms with Crippen molar-refractivity contribution < 1.29 is 0 Å². The van der Waals surface area contributed by atoms with Crippen LogP contribution in [0.1, 0.15) is 43.7 Å². The summed E-state index contributed by atoms with van der Waals surface area (Å²) in [5.41, 5.74) is 3.09. The van der Waals surface area contributed by atoms with Crippen LogP contribution >= 0.6 is 0 Å². The second-order valence-electron chi connectivity index (χ2n) is 5.40. The van der Waals surface area contributed by atoms with E-state index in [4.69, 9.17) is 4.98 Å². The summed E-state index contributed by atoms with van der Waals surface area (Å²) in [7, 11) is 0. The highest BCUT2D eigenvalue weighted by atomic mass is 15.3. The highest BCUT2D eigenvalue weighted by molar-refractivity contribution is 5.69. The van der Waals surface area contributed by atoms with Crippen molar-refractivity contribution in [2.45, 2.75) is 44.6 Å². The van der Waals surface area contributed by atoms with Crippen molar-refractivity contribution in [3.8, 4) is 0 Å². The number of fused-ring (bicyclic) bond motifs is 1. The van der Waals surface area contributed by atoms with Crippen molar-refractivity contribution in [3.05, 3.63) is 18.1 Å². The van der Waals surface area contributed by atoms with Gasteiger partial charge in [0.1, 0.15) is 5.52 Å². The molecule has 0 unspecified atom stereocenters. The van der Waals surface area contributed by atoms with Crippen LogP contribution in [0.2, 0.25) is 0 Å². The Hall–Kier alpha value is -1.45. The SMILES string of the molecule is c1nc2cnn(CC3CCC3)c2nc1C1CC1. The average Bonchev–Trinajstić information content (AvgIpc) is 3.06. The maximum absolute atomic E-state index is 4.75. The molecule has 0 bridgehead atoms. The summed E-state index contributed by atoms with van der Waals surface area (Å²) >= 11 is 0. The van der Waals surface area contributed by atoms with E-state index >= 15 is 0 Å². The second-order valence-corrected chi connectivity index (χ2v) is 5.40. The molecule has 4 heteroatoms. The predicted octanol–water partition coefficient (Wildman–Crippen LogP) is 2.50. The zero-order valence-corrected chi connectivity index (χ0v) is 9.84. The molecule has 2 aliphatic rings. The zero-order chi connectivity index (χ0) is 11.2. The average molecular weight is 228 g/mol. The molecule has 2 aliphatic carbocycles. The van der Waals surface area contributed by atoms with Gasteiger partial charge in [0, 0.05) is 18.7 Å². The topological polar surface area (TPSA) is 43.6 Å². The highest BCUT2D eigenvalue weighted by Crippen LogP contribution is 2.39. The quantitative estimate of drug-likeness (QED) is 0.810. The van der Waals surface area contributed by atoms with Gasteiger partial charge in [0.05, 0.1) is 11.9 Å². The number of nitrogens with zero attached hydrogens (tertiary/aromatic N) is 4. The van der Waals surface area contributed by atoms with Gasteiger partial charge in [-0.25, -0.2) is 14.6 Å². The number of hydrogen-bond donors (Lipinski definition) is 0. The molecule has 17 heavy (non-hydrogen) atoms.